The summed E-state index contributed by atoms with van der Waals surface area (Å²) in [6.45, 7) is 0.460. The molecule has 4 N–H and O–H groups in total. The van der Waals surface area contributed by atoms with Crippen molar-refractivity contribution in [2.24, 2.45) is 0 Å². The Morgan fingerprint density at radius 2 is 2.10 bits per heavy atom. The van der Waals surface area contributed by atoms with Crippen LogP contribution in [0.25, 0.3) is 15.9 Å². The maximum atomic E-state index is 15.9. The van der Waals surface area contributed by atoms with Crippen LogP contribution in [0.3, 0.4) is 0 Å². The van der Waals surface area contributed by atoms with Crippen LogP contribution in [0.2, 0.25) is 0 Å². The van der Waals surface area contributed by atoms with E-state index < -0.39 is 39.7 Å². The van der Waals surface area contributed by atoms with Crippen LogP contribution in [0.4, 0.5) is 20.2 Å². The normalized spacial score (nSPS) is 18.8. The number of hydrogen-bond acceptors (Lipinski definition) is 7. The summed E-state index contributed by atoms with van der Waals surface area (Å²) in [5.41, 5.74) is 3.06. The van der Waals surface area contributed by atoms with Crippen LogP contribution in [0.1, 0.15) is 10.4 Å². The number of methoxy groups -OCH3 is 1. The lowest BCUT2D eigenvalue weighted by Gasteiger charge is -2.23. The first-order valence-electron chi connectivity index (χ1n) is 9.38. The van der Waals surface area contributed by atoms with Gasteiger partial charge in [0.2, 0.25) is 5.43 Å². The van der Waals surface area contributed by atoms with Crippen LogP contribution >= 0.6 is 11.3 Å². The lowest BCUT2D eigenvalue weighted by Crippen LogP contribution is -2.37. The Balaban J connectivity index is 2.06. The van der Waals surface area contributed by atoms with E-state index in [2.05, 4.69) is 5.32 Å². The summed E-state index contributed by atoms with van der Waals surface area (Å²) in [5.74, 6) is -3.61. The number of anilines is 2. The van der Waals surface area contributed by atoms with E-state index in [0.717, 1.165) is 6.20 Å². The Labute approximate surface area is 179 Å². The van der Waals surface area contributed by atoms with E-state index in [4.69, 9.17) is 10.5 Å². The van der Waals surface area contributed by atoms with E-state index in [1.54, 1.807) is 24.6 Å². The summed E-state index contributed by atoms with van der Waals surface area (Å²) in [7, 11) is 3.24. The number of fused-ring (bicyclic) bond motifs is 1. The van der Waals surface area contributed by atoms with E-state index in [1.807, 2.05) is 0 Å². The Hall–Kier alpha value is -3.02. The van der Waals surface area contributed by atoms with Gasteiger partial charge >= 0.3 is 5.97 Å². The van der Waals surface area contributed by atoms with Gasteiger partial charge in [-0.1, -0.05) is 0 Å². The molecule has 0 radical (unpaired) electrons. The molecule has 8 nitrogen and oxygen atoms in total. The van der Waals surface area contributed by atoms with Crippen LogP contribution in [-0.4, -0.2) is 55.0 Å². The minimum atomic E-state index is -1.51. The van der Waals surface area contributed by atoms with Crippen molar-refractivity contribution < 1.29 is 23.4 Å². The first kappa shape index (κ1) is 21.2. The molecular weight excluding hydrogens is 430 g/mol. The van der Waals surface area contributed by atoms with Gasteiger partial charge in [-0.2, -0.15) is 0 Å². The summed E-state index contributed by atoms with van der Waals surface area (Å²) in [5, 5.41) is 14.2. The number of ether oxygens (including phenoxy) is 1. The lowest BCUT2D eigenvalue weighted by atomic mass is 10.1. The highest BCUT2D eigenvalue weighted by atomic mass is 32.1. The van der Waals surface area contributed by atoms with Crippen molar-refractivity contribution in [3.63, 3.8) is 0 Å². The number of pyridine rings is 1. The molecule has 2 atom stereocenters. The van der Waals surface area contributed by atoms with Crippen molar-refractivity contribution in [2.75, 3.05) is 37.9 Å². The molecule has 1 aromatic carbocycles. The van der Waals surface area contributed by atoms with Gasteiger partial charge < -0.3 is 30.4 Å². The van der Waals surface area contributed by atoms with Crippen LogP contribution in [-0.2, 0) is 4.74 Å². The number of nitrogens with one attached hydrogen (secondary N) is 1. The van der Waals surface area contributed by atoms with Crippen LogP contribution in [0.15, 0.2) is 28.5 Å². The van der Waals surface area contributed by atoms with Crippen molar-refractivity contribution in [2.45, 2.75) is 12.1 Å². The van der Waals surface area contributed by atoms with Crippen molar-refractivity contribution in [1.29, 1.82) is 0 Å². The maximum Gasteiger partial charge on any atom is 0.341 e. The topological polar surface area (TPSA) is 110 Å². The number of thiophene rings is 1. The molecule has 11 heteroatoms. The zero-order chi connectivity index (χ0) is 22.4. The fourth-order valence-corrected chi connectivity index (χ4v) is 4.72. The van der Waals surface area contributed by atoms with Crippen molar-refractivity contribution >= 4 is 39.6 Å². The van der Waals surface area contributed by atoms with E-state index in [1.165, 1.54) is 27.9 Å². The van der Waals surface area contributed by atoms with Gasteiger partial charge in [-0.3, -0.25) is 4.79 Å². The summed E-state index contributed by atoms with van der Waals surface area (Å²) < 4.78 is 37.9. The molecule has 1 fully saturated rings. The predicted octanol–water partition coefficient (Wildman–Crippen LogP) is 2.03. The van der Waals surface area contributed by atoms with Gasteiger partial charge in [0.1, 0.15) is 11.3 Å². The molecule has 0 amide bonds. The number of hydrogen-bond donors (Lipinski definition) is 3. The van der Waals surface area contributed by atoms with Crippen molar-refractivity contribution in [3.8, 4) is 5.00 Å². The van der Waals surface area contributed by atoms with E-state index in [-0.39, 0.29) is 36.4 Å². The third-order valence-electron chi connectivity index (χ3n) is 5.57. The number of rotatable bonds is 5. The number of benzene rings is 1. The molecule has 1 saturated heterocycles. The number of nitrogen functional groups attached to an aromatic ring is 1. The van der Waals surface area contributed by atoms with Crippen molar-refractivity contribution in [1.82, 2.24) is 9.88 Å². The molecule has 0 unspecified atom stereocenters. The van der Waals surface area contributed by atoms with E-state index in [0.29, 0.717) is 5.00 Å². The smallest absolute Gasteiger partial charge is 0.341 e. The number of nitrogens with two attached hydrogens (primary N) is 1. The first-order valence-corrected chi connectivity index (χ1v) is 10.3. The number of nitrogens with zero attached hydrogens (tertiary/aromatic N) is 2. The van der Waals surface area contributed by atoms with Gasteiger partial charge in [0.25, 0.3) is 0 Å². The molecule has 0 bridgehead atoms. The molecule has 31 heavy (non-hydrogen) atoms. The molecule has 3 heterocycles. The summed E-state index contributed by atoms with van der Waals surface area (Å²) in [4.78, 5) is 25.9. The fraction of sp³-hybridized carbons (Fsp3) is 0.300. The maximum absolute atomic E-state index is 15.9. The number of carbonyl (C=O) groups is 1. The van der Waals surface area contributed by atoms with Gasteiger partial charge in [0, 0.05) is 26.4 Å². The highest BCUT2D eigenvalue weighted by Crippen LogP contribution is 2.38. The molecule has 164 valence electrons. The number of aromatic nitrogens is 1. The molecule has 0 aliphatic carbocycles. The number of carboxylic acids is 1. The summed E-state index contributed by atoms with van der Waals surface area (Å²) >= 11 is 1.21. The largest absolute Gasteiger partial charge is 0.477 e. The summed E-state index contributed by atoms with van der Waals surface area (Å²) in [6, 6.07) is 3.15. The Morgan fingerprint density at radius 3 is 2.65 bits per heavy atom. The standard InChI is InChI=1S/C20H20F2N4O4S/c1-24-10-7-25(8-11(10)30-2)18-14(21)16(23)13-17(15(18)22)26(12-4-3-5-31-12)6-9(19(13)27)20(28)29/h3-6,10-11,24H,7-8,23H2,1-2H3,(H,28,29)/t10-,11+/m1/s1. The number of halogens is 2. The molecule has 0 saturated carbocycles. The second-order valence-corrected chi connectivity index (χ2v) is 8.11. The van der Waals surface area contributed by atoms with Gasteiger partial charge in [0.05, 0.1) is 33.7 Å². The Morgan fingerprint density at radius 1 is 1.35 bits per heavy atom. The van der Waals surface area contributed by atoms with Crippen LogP contribution in [0.5, 0.6) is 0 Å². The Bertz CT molecular complexity index is 1220. The zero-order valence-corrected chi connectivity index (χ0v) is 17.5. The average molecular weight is 450 g/mol. The minimum absolute atomic E-state index is 0.172. The second kappa shape index (κ2) is 7.91. The lowest BCUT2D eigenvalue weighted by molar-refractivity contribution is 0.0695. The van der Waals surface area contributed by atoms with Gasteiger partial charge in [-0.15, -0.1) is 11.3 Å². The van der Waals surface area contributed by atoms with Crippen molar-refractivity contribution in [3.05, 3.63) is 51.1 Å². The zero-order valence-electron chi connectivity index (χ0n) is 16.7. The number of aromatic carboxylic acids is 1. The van der Waals surface area contributed by atoms with Gasteiger partial charge in [0.15, 0.2) is 11.6 Å². The summed E-state index contributed by atoms with van der Waals surface area (Å²) in [6.07, 6.45) is 0.732. The number of likely N-dealkylation sites (N-methyl/N-ethyl adjacent to an activating group) is 1. The molecule has 3 aromatic rings. The van der Waals surface area contributed by atoms with Gasteiger partial charge in [-0.05, 0) is 24.6 Å². The molecule has 1 aliphatic rings. The predicted molar refractivity (Wildman–Crippen MR) is 115 cm³/mol. The van der Waals surface area contributed by atoms with Crippen LogP contribution in [0, 0.1) is 11.6 Å². The highest BCUT2D eigenvalue weighted by molar-refractivity contribution is 7.12. The number of carboxylic acid groups (broad SMARTS) is 1. The fourth-order valence-electron chi connectivity index (χ4n) is 4.01. The minimum Gasteiger partial charge on any atom is -0.477 e. The van der Waals surface area contributed by atoms with E-state index in [9.17, 15) is 14.7 Å². The molecular formula is C20H20F2N4O4S. The average Bonchev–Trinajstić information content (AvgIpc) is 3.41. The molecule has 2 aromatic heterocycles. The van der Waals surface area contributed by atoms with Crippen LogP contribution < -0.4 is 21.4 Å². The first-order chi connectivity index (χ1) is 14.8. The third-order valence-corrected chi connectivity index (χ3v) is 6.43. The molecule has 1 aliphatic heterocycles. The quantitative estimate of drug-likeness (QED) is 0.510. The SMILES string of the molecule is CN[C@@H]1CN(c2c(F)c(N)c3c(=O)c(C(=O)O)cn(-c4cccs4)c3c2F)C[C@@H]1OC. The van der Waals surface area contributed by atoms with E-state index >= 15 is 8.78 Å². The molecule has 0 spiro atoms. The second-order valence-electron chi connectivity index (χ2n) is 7.19. The third kappa shape index (κ3) is 3.25. The monoisotopic (exact) mass is 450 g/mol. The van der Waals surface area contributed by atoms with Gasteiger partial charge in [-0.25, -0.2) is 13.6 Å². The Kier molecular flexibility index (Phi) is 5.42. The highest BCUT2D eigenvalue weighted by Gasteiger charge is 2.37. The molecule has 4 rings (SSSR count).